The summed E-state index contributed by atoms with van der Waals surface area (Å²) in [6.45, 7) is 2.00. The molecule has 5 nitrogen and oxygen atoms in total. The molecule has 1 aromatic heterocycles. The maximum atomic E-state index is 12.2. The normalized spacial score (nSPS) is 15.3. The molecule has 4 rings (SSSR count). The number of ether oxygens (including phenoxy) is 2. The molecule has 0 bridgehead atoms. The summed E-state index contributed by atoms with van der Waals surface area (Å²) in [4.78, 5) is 12.2. The highest BCUT2D eigenvalue weighted by atomic mass is 35.5. The van der Waals surface area contributed by atoms with Crippen molar-refractivity contribution in [1.29, 1.82) is 0 Å². The zero-order valence-electron chi connectivity index (χ0n) is 14.4. The summed E-state index contributed by atoms with van der Waals surface area (Å²) in [6.07, 6.45) is 1.04. The van der Waals surface area contributed by atoms with Crippen LogP contribution < -0.4 is 4.74 Å². The molecule has 0 spiro atoms. The van der Waals surface area contributed by atoms with E-state index in [1.54, 1.807) is 18.2 Å². The molecule has 1 atom stereocenters. The van der Waals surface area contributed by atoms with E-state index in [1.165, 1.54) is 6.07 Å². The van der Waals surface area contributed by atoms with Crippen molar-refractivity contribution in [1.82, 2.24) is 5.16 Å². The molecule has 0 N–H and O–H groups in total. The molecule has 0 aliphatic carbocycles. The predicted molar refractivity (Wildman–Crippen MR) is 101 cm³/mol. The average Bonchev–Trinajstić information content (AvgIpc) is 3.26. The standard InChI is InChI=1S/C20H15Cl2NO4/c1-11-6-13-7-12(2-5-18(13)26-11)19-9-15(23-27-19)10-25-20(24)16-8-14(21)3-4-17(16)22/h2-5,7-9,11H,6,10H2,1H3. The van der Waals surface area contributed by atoms with Crippen LogP contribution in [0.1, 0.15) is 28.5 Å². The Labute approximate surface area is 165 Å². The van der Waals surface area contributed by atoms with Crippen molar-refractivity contribution in [3.05, 3.63) is 69.3 Å². The fraction of sp³-hybridized carbons (Fsp3) is 0.200. The number of carbonyl (C=O) groups excluding carboxylic acids is 1. The molecule has 0 saturated heterocycles. The van der Waals surface area contributed by atoms with Crippen molar-refractivity contribution in [3.8, 4) is 17.1 Å². The van der Waals surface area contributed by atoms with Gasteiger partial charge in [0, 0.05) is 23.1 Å². The number of fused-ring (bicyclic) bond motifs is 1. The van der Waals surface area contributed by atoms with Gasteiger partial charge in [-0.15, -0.1) is 0 Å². The minimum Gasteiger partial charge on any atom is -0.490 e. The number of carbonyl (C=O) groups is 1. The molecule has 138 valence electrons. The Morgan fingerprint density at radius 3 is 2.93 bits per heavy atom. The van der Waals surface area contributed by atoms with Crippen LogP contribution in [0.3, 0.4) is 0 Å². The van der Waals surface area contributed by atoms with Gasteiger partial charge in [0.25, 0.3) is 0 Å². The molecule has 0 fully saturated rings. The Kier molecular flexibility index (Phi) is 4.81. The summed E-state index contributed by atoms with van der Waals surface area (Å²) in [5.74, 6) is 0.929. The van der Waals surface area contributed by atoms with Gasteiger partial charge < -0.3 is 14.0 Å². The van der Waals surface area contributed by atoms with E-state index in [0.717, 1.165) is 23.3 Å². The second-order valence-corrected chi connectivity index (χ2v) is 7.18. The molecule has 1 aliphatic rings. The van der Waals surface area contributed by atoms with Crippen LogP contribution in [-0.4, -0.2) is 17.2 Å². The van der Waals surface area contributed by atoms with Crippen LogP contribution in [0.25, 0.3) is 11.3 Å². The number of halogens is 2. The van der Waals surface area contributed by atoms with Crippen molar-refractivity contribution in [3.63, 3.8) is 0 Å². The third-order valence-corrected chi connectivity index (χ3v) is 4.80. The summed E-state index contributed by atoms with van der Waals surface area (Å²) < 4.78 is 16.4. The third-order valence-electron chi connectivity index (χ3n) is 4.24. The van der Waals surface area contributed by atoms with E-state index in [1.807, 2.05) is 25.1 Å². The SMILES string of the molecule is CC1Cc2cc(-c3cc(COC(=O)c4cc(Cl)ccc4Cl)no3)ccc2O1. The first-order chi connectivity index (χ1) is 13.0. The fourth-order valence-electron chi connectivity index (χ4n) is 2.96. The van der Waals surface area contributed by atoms with Gasteiger partial charge in [-0.05, 0) is 48.9 Å². The lowest BCUT2D eigenvalue weighted by molar-refractivity contribution is 0.0464. The highest BCUT2D eigenvalue weighted by Gasteiger charge is 2.20. The first-order valence-electron chi connectivity index (χ1n) is 8.37. The molecule has 3 aromatic rings. The first kappa shape index (κ1) is 17.9. The van der Waals surface area contributed by atoms with E-state index in [9.17, 15) is 4.79 Å². The van der Waals surface area contributed by atoms with Gasteiger partial charge in [0.2, 0.25) is 0 Å². The van der Waals surface area contributed by atoms with Crippen LogP contribution in [-0.2, 0) is 17.8 Å². The zero-order chi connectivity index (χ0) is 19.0. The lowest BCUT2D eigenvalue weighted by Crippen LogP contribution is -2.06. The van der Waals surface area contributed by atoms with Gasteiger partial charge in [-0.2, -0.15) is 0 Å². The summed E-state index contributed by atoms with van der Waals surface area (Å²) >= 11 is 11.9. The maximum Gasteiger partial charge on any atom is 0.340 e. The van der Waals surface area contributed by atoms with Gasteiger partial charge in [0.15, 0.2) is 5.76 Å². The molecule has 2 heterocycles. The fourth-order valence-corrected chi connectivity index (χ4v) is 3.33. The second-order valence-electron chi connectivity index (χ2n) is 6.34. The summed E-state index contributed by atoms with van der Waals surface area (Å²) in [5, 5.41) is 4.65. The largest absolute Gasteiger partial charge is 0.490 e. The van der Waals surface area contributed by atoms with Gasteiger partial charge in [-0.3, -0.25) is 0 Å². The highest BCUT2D eigenvalue weighted by molar-refractivity contribution is 6.35. The van der Waals surface area contributed by atoms with Crippen molar-refractivity contribution < 1.29 is 18.8 Å². The van der Waals surface area contributed by atoms with Gasteiger partial charge in [0.1, 0.15) is 24.2 Å². The Bertz CT molecular complexity index is 1010. The van der Waals surface area contributed by atoms with Crippen molar-refractivity contribution in [2.24, 2.45) is 0 Å². The zero-order valence-corrected chi connectivity index (χ0v) is 15.9. The summed E-state index contributed by atoms with van der Waals surface area (Å²) in [5.41, 5.74) is 2.75. The van der Waals surface area contributed by atoms with E-state index < -0.39 is 5.97 Å². The number of rotatable bonds is 4. The minimum absolute atomic E-state index is 0.0315. The maximum absolute atomic E-state index is 12.2. The van der Waals surface area contributed by atoms with Crippen LogP contribution >= 0.6 is 23.2 Å². The van der Waals surface area contributed by atoms with Crippen LogP contribution in [0.15, 0.2) is 47.0 Å². The molecule has 1 unspecified atom stereocenters. The number of hydrogen-bond donors (Lipinski definition) is 0. The molecule has 7 heteroatoms. The topological polar surface area (TPSA) is 61.6 Å². The van der Waals surface area contributed by atoms with Crippen LogP contribution in [0.5, 0.6) is 5.75 Å². The number of aromatic nitrogens is 1. The molecule has 2 aromatic carbocycles. The predicted octanol–water partition coefficient (Wildman–Crippen LogP) is 5.33. The Hall–Kier alpha value is -2.50. The van der Waals surface area contributed by atoms with E-state index in [-0.39, 0.29) is 23.3 Å². The minimum atomic E-state index is -0.573. The molecule has 1 aliphatic heterocycles. The number of nitrogens with zero attached hydrogens (tertiary/aromatic N) is 1. The molecule has 0 saturated carbocycles. The number of benzene rings is 2. The van der Waals surface area contributed by atoms with Gasteiger partial charge in [0.05, 0.1) is 10.6 Å². The van der Waals surface area contributed by atoms with Crippen LogP contribution in [0.4, 0.5) is 0 Å². The lowest BCUT2D eigenvalue weighted by atomic mass is 10.1. The molecule has 0 amide bonds. The second kappa shape index (κ2) is 7.25. The van der Waals surface area contributed by atoms with Crippen LogP contribution in [0.2, 0.25) is 10.0 Å². The molecule has 0 radical (unpaired) electrons. The summed E-state index contributed by atoms with van der Waals surface area (Å²) in [7, 11) is 0. The molecular formula is C20H15Cl2NO4. The summed E-state index contributed by atoms with van der Waals surface area (Å²) in [6, 6.07) is 12.2. The van der Waals surface area contributed by atoms with Crippen molar-refractivity contribution in [2.45, 2.75) is 26.1 Å². The van der Waals surface area contributed by atoms with E-state index >= 15 is 0 Å². The van der Waals surface area contributed by atoms with Crippen molar-refractivity contribution >= 4 is 29.2 Å². The van der Waals surface area contributed by atoms with Gasteiger partial charge in [-0.25, -0.2) is 4.79 Å². The monoisotopic (exact) mass is 403 g/mol. The Morgan fingerprint density at radius 1 is 1.22 bits per heavy atom. The Morgan fingerprint density at radius 2 is 2.07 bits per heavy atom. The van der Waals surface area contributed by atoms with Gasteiger partial charge >= 0.3 is 5.97 Å². The van der Waals surface area contributed by atoms with E-state index in [2.05, 4.69) is 5.16 Å². The van der Waals surface area contributed by atoms with Crippen molar-refractivity contribution in [2.75, 3.05) is 0 Å². The molecular weight excluding hydrogens is 389 g/mol. The number of esters is 1. The Balaban J connectivity index is 1.45. The quantitative estimate of drug-likeness (QED) is 0.550. The van der Waals surface area contributed by atoms with E-state index in [0.29, 0.717) is 16.5 Å². The van der Waals surface area contributed by atoms with E-state index in [4.69, 9.17) is 37.2 Å². The first-order valence-corrected chi connectivity index (χ1v) is 9.13. The average molecular weight is 404 g/mol. The van der Waals surface area contributed by atoms with Gasteiger partial charge in [-0.1, -0.05) is 28.4 Å². The number of hydrogen-bond acceptors (Lipinski definition) is 5. The third kappa shape index (κ3) is 3.80. The van der Waals surface area contributed by atoms with Crippen LogP contribution in [0, 0.1) is 0 Å². The smallest absolute Gasteiger partial charge is 0.340 e. The molecule has 27 heavy (non-hydrogen) atoms. The highest BCUT2D eigenvalue weighted by Crippen LogP contribution is 2.33. The lowest BCUT2D eigenvalue weighted by Gasteiger charge is -2.04.